The summed E-state index contributed by atoms with van der Waals surface area (Å²) in [4.78, 5) is 10.2. The highest BCUT2D eigenvalue weighted by Crippen LogP contribution is 2.18. The molecule has 0 bridgehead atoms. The minimum Gasteiger partial charge on any atom is -0.278 e. The van der Waals surface area contributed by atoms with E-state index in [1.54, 1.807) is 12.1 Å². The fourth-order valence-electron chi connectivity index (χ4n) is 2.29. The first-order chi connectivity index (χ1) is 11.1. The van der Waals surface area contributed by atoms with Gasteiger partial charge in [0.05, 0.1) is 16.3 Å². The number of rotatable bonds is 4. The standard InChI is InChI=1S/C18H15N3O2/c1-13(15-7-6-14-4-2-3-5-16(14)12-15)19-20-17-8-10-18(11-9-17)21(22)23/h2-12,20H,1H3/b19-13+. The molecular formula is C18H15N3O2. The van der Waals surface area contributed by atoms with Gasteiger partial charge in [0.1, 0.15) is 0 Å². The van der Waals surface area contributed by atoms with Gasteiger partial charge < -0.3 is 0 Å². The second kappa shape index (κ2) is 6.27. The normalized spacial score (nSPS) is 11.4. The van der Waals surface area contributed by atoms with Gasteiger partial charge in [-0.3, -0.25) is 15.5 Å². The zero-order valence-electron chi connectivity index (χ0n) is 12.6. The Balaban J connectivity index is 1.79. The van der Waals surface area contributed by atoms with Crippen LogP contribution in [0.15, 0.2) is 71.8 Å². The Bertz CT molecular complexity index is 886. The average Bonchev–Trinajstić information content (AvgIpc) is 2.59. The van der Waals surface area contributed by atoms with Crippen LogP contribution in [-0.4, -0.2) is 10.6 Å². The number of nitrogens with one attached hydrogen (secondary N) is 1. The Kier molecular flexibility index (Phi) is 4.01. The molecule has 114 valence electrons. The quantitative estimate of drug-likeness (QED) is 0.435. The molecule has 0 aromatic heterocycles. The summed E-state index contributed by atoms with van der Waals surface area (Å²) >= 11 is 0. The fourth-order valence-corrected chi connectivity index (χ4v) is 2.29. The summed E-state index contributed by atoms with van der Waals surface area (Å²) in [5.41, 5.74) is 5.56. The van der Waals surface area contributed by atoms with Crippen molar-refractivity contribution in [1.29, 1.82) is 0 Å². The Labute approximate surface area is 133 Å². The van der Waals surface area contributed by atoms with Crippen LogP contribution in [-0.2, 0) is 0 Å². The Morgan fingerprint density at radius 3 is 2.39 bits per heavy atom. The Morgan fingerprint density at radius 2 is 1.70 bits per heavy atom. The molecule has 3 rings (SSSR count). The Hall–Kier alpha value is -3.21. The largest absolute Gasteiger partial charge is 0.278 e. The van der Waals surface area contributed by atoms with Crippen LogP contribution < -0.4 is 5.43 Å². The number of nitro benzene ring substituents is 1. The maximum Gasteiger partial charge on any atom is 0.269 e. The highest BCUT2D eigenvalue weighted by molar-refractivity contribution is 6.02. The van der Waals surface area contributed by atoms with E-state index in [2.05, 4.69) is 34.8 Å². The maximum absolute atomic E-state index is 10.6. The van der Waals surface area contributed by atoms with Crippen molar-refractivity contribution in [3.63, 3.8) is 0 Å². The lowest BCUT2D eigenvalue weighted by Crippen LogP contribution is -1.99. The van der Waals surface area contributed by atoms with Crippen LogP contribution in [0.1, 0.15) is 12.5 Å². The summed E-state index contributed by atoms with van der Waals surface area (Å²) in [6.07, 6.45) is 0. The lowest BCUT2D eigenvalue weighted by molar-refractivity contribution is -0.384. The molecule has 1 N–H and O–H groups in total. The first-order valence-electron chi connectivity index (χ1n) is 7.17. The summed E-state index contributed by atoms with van der Waals surface area (Å²) in [5, 5.41) is 17.3. The second-order valence-corrected chi connectivity index (χ2v) is 5.17. The lowest BCUT2D eigenvalue weighted by atomic mass is 10.0. The zero-order chi connectivity index (χ0) is 16.2. The molecule has 3 aromatic rings. The Morgan fingerprint density at radius 1 is 1.00 bits per heavy atom. The number of hydrogen-bond donors (Lipinski definition) is 1. The van der Waals surface area contributed by atoms with Crippen molar-refractivity contribution < 1.29 is 4.92 Å². The van der Waals surface area contributed by atoms with Crippen molar-refractivity contribution in [1.82, 2.24) is 0 Å². The molecule has 5 heteroatoms. The molecule has 5 nitrogen and oxygen atoms in total. The fraction of sp³-hybridized carbons (Fsp3) is 0.0556. The number of non-ortho nitro benzene ring substituents is 1. The number of nitrogens with zero attached hydrogens (tertiary/aromatic N) is 2. The predicted molar refractivity (Wildman–Crippen MR) is 92.9 cm³/mol. The number of fused-ring (bicyclic) bond motifs is 1. The highest BCUT2D eigenvalue weighted by Gasteiger charge is 2.04. The molecule has 0 radical (unpaired) electrons. The molecule has 0 aliphatic rings. The van der Waals surface area contributed by atoms with E-state index in [1.165, 1.54) is 17.5 Å². The minimum absolute atomic E-state index is 0.0609. The number of hydrazone groups is 1. The molecule has 0 amide bonds. The number of anilines is 1. The lowest BCUT2D eigenvalue weighted by Gasteiger charge is -2.05. The van der Waals surface area contributed by atoms with E-state index in [0.29, 0.717) is 5.69 Å². The van der Waals surface area contributed by atoms with E-state index in [4.69, 9.17) is 0 Å². The molecule has 0 heterocycles. The van der Waals surface area contributed by atoms with Crippen molar-refractivity contribution in [2.24, 2.45) is 5.10 Å². The van der Waals surface area contributed by atoms with Crippen LogP contribution in [0.4, 0.5) is 11.4 Å². The van der Waals surface area contributed by atoms with Crippen LogP contribution in [0.3, 0.4) is 0 Å². The number of nitro groups is 1. The van der Waals surface area contributed by atoms with Crippen LogP contribution in [0.2, 0.25) is 0 Å². The summed E-state index contributed by atoms with van der Waals surface area (Å²) in [5.74, 6) is 0. The van der Waals surface area contributed by atoms with E-state index < -0.39 is 4.92 Å². The third-order valence-electron chi connectivity index (χ3n) is 3.60. The van der Waals surface area contributed by atoms with Gasteiger partial charge in [-0.2, -0.15) is 5.10 Å². The zero-order valence-corrected chi connectivity index (χ0v) is 12.6. The smallest absolute Gasteiger partial charge is 0.269 e. The van der Waals surface area contributed by atoms with E-state index in [0.717, 1.165) is 16.7 Å². The monoisotopic (exact) mass is 305 g/mol. The van der Waals surface area contributed by atoms with Gasteiger partial charge in [0.25, 0.3) is 5.69 Å². The summed E-state index contributed by atoms with van der Waals surface area (Å²) in [7, 11) is 0. The van der Waals surface area contributed by atoms with Crippen molar-refractivity contribution >= 4 is 27.9 Å². The van der Waals surface area contributed by atoms with E-state index in [9.17, 15) is 10.1 Å². The van der Waals surface area contributed by atoms with Crippen molar-refractivity contribution in [2.75, 3.05) is 5.43 Å². The number of hydrogen-bond acceptors (Lipinski definition) is 4. The molecule has 0 aliphatic carbocycles. The van der Waals surface area contributed by atoms with E-state index in [1.807, 2.05) is 25.1 Å². The van der Waals surface area contributed by atoms with Gasteiger partial charge in [-0.05, 0) is 41.5 Å². The molecule has 0 saturated carbocycles. The molecule has 0 fully saturated rings. The van der Waals surface area contributed by atoms with Crippen LogP contribution >= 0.6 is 0 Å². The molecular weight excluding hydrogens is 290 g/mol. The molecule has 0 saturated heterocycles. The van der Waals surface area contributed by atoms with Crippen LogP contribution in [0, 0.1) is 10.1 Å². The van der Waals surface area contributed by atoms with Gasteiger partial charge in [-0.15, -0.1) is 0 Å². The first kappa shape index (κ1) is 14.7. The third kappa shape index (κ3) is 3.35. The maximum atomic E-state index is 10.6. The summed E-state index contributed by atoms with van der Waals surface area (Å²) < 4.78 is 0. The minimum atomic E-state index is -0.423. The summed E-state index contributed by atoms with van der Waals surface area (Å²) in [6.45, 7) is 1.92. The van der Waals surface area contributed by atoms with E-state index in [-0.39, 0.29) is 5.69 Å². The molecule has 0 aliphatic heterocycles. The average molecular weight is 305 g/mol. The topological polar surface area (TPSA) is 67.5 Å². The van der Waals surface area contributed by atoms with Crippen molar-refractivity contribution in [3.8, 4) is 0 Å². The SMILES string of the molecule is C/C(=N\Nc1ccc([N+](=O)[O-])cc1)c1ccc2ccccc2c1. The first-order valence-corrected chi connectivity index (χ1v) is 7.17. The van der Waals surface area contributed by atoms with Gasteiger partial charge in [-0.25, -0.2) is 0 Å². The third-order valence-corrected chi connectivity index (χ3v) is 3.60. The number of benzene rings is 3. The van der Waals surface area contributed by atoms with Gasteiger partial charge >= 0.3 is 0 Å². The summed E-state index contributed by atoms with van der Waals surface area (Å²) in [6, 6.07) is 20.5. The molecule has 0 unspecified atom stereocenters. The van der Waals surface area contributed by atoms with Crippen LogP contribution in [0.5, 0.6) is 0 Å². The highest BCUT2D eigenvalue weighted by atomic mass is 16.6. The van der Waals surface area contributed by atoms with Gasteiger partial charge in [0.15, 0.2) is 0 Å². The van der Waals surface area contributed by atoms with Crippen molar-refractivity contribution in [3.05, 3.63) is 82.4 Å². The van der Waals surface area contributed by atoms with Crippen molar-refractivity contribution in [2.45, 2.75) is 6.92 Å². The predicted octanol–water partition coefficient (Wildman–Crippen LogP) is 4.58. The van der Waals surface area contributed by atoms with Gasteiger partial charge in [-0.1, -0.05) is 36.4 Å². The molecule has 0 atom stereocenters. The molecule has 3 aromatic carbocycles. The van der Waals surface area contributed by atoms with Crippen LogP contribution in [0.25, 0.3) is 10.8 Å². The second-order valence-electron chi connectivity index (χ2n) is 5.17. The van der Waals surface area contributed by atoms with Gasteiger partial charge in [0.2, 0.25) is 0 Å². The van der Waals surface area contributed by atoms with E-state index >= 15 is 0 Å². The molecule has 23 heavy (non-hydrogen) atoms. The molecule has 0 spiro atoms. The van der Waals surface area contributed by atoms with Gasteiger partial charge in [0, 0.05) is 12.1 Å².